The lowest BCUT2D eigenvalue weighted by atomic mass is 9.87. The summed E-state index contributed by atoms with van der Waals surface area (Å²) in [5, 5.41) is 3.81. The maximum atomic E-state index is 12.7. The zero-order valence-corrected chi connectivity index (χ0v) is 17.9. The predicted molar refractivity (Wildman–Crippen MR) is 117 cm³/mol. The van der Waals surface area contributed by atoms with E-state index >= 15 is 0 Å². The predicted octanol–water partition coefficient (Wildman–Crippen LogP) is 4.86. The first-order chi connectivity index (χ1) is 14.5. The zero-order valence-electron chi connectivity index (χ0n) is 17.1. The van der Waals surface area contributed by atoms with Crippen molar-refractivity contribution in [3.05, 3.63) is 76.3 Å². The molecule has 0 spiro atoms. The van der Waals surface area contributed by atoms with Crippen molar-refractivity contribution in [3.63, 3.8) is 0 Å². The molecule has 5 nitrogen and oxygen atoms in total. The third-order valence-electron chi connectivity index (χ3n) is 5.34. The van der Waals surface area contributed by atoms with Crippen LogP contribution in [0.3, 0.4) is 0 Å². The van der Waals surface area contributed by atoms with Gasteiger partial charge in [-0.15, -0.1) is 11.3 Å². The summed E-state index contributed by atoms with van der Waals surface area (Å²) in [5.41, 5.74) is 3.98. The van der Waals surface area contributed by atoms with Crippen molar-refractivity contribution in [3.8, 4) is 10.6 Å². The van der Waals surface area contributed by atoms with Gasteiger partial charge in [-0.25, -0.2) is 9.78 Å². The van der Waals surface area contributed by atoms with Gasteiger partial charge >= 0.3 is 5.97 Å². The number of esters is 1. The Balaban J connectivity index is 1.42. The van der Waals surface area contributed by atoms with Gasteiger partial charge in [-0.2, -0.15) is 0 Å². The standard InChI is InChI=1S/C24H24N2O3S/c1-15-21(30-23(25-15)18-10-4-3-5-11-18)24(28)29-16(2)22(27)26-20-14-8-12-17-9-6-7-13-19(17)20/h3-7,9-11,13,16,20H,8,12,14H2,1-2H3,(H,26,27)/t16-,20-/m1/s1. The van der Waals surface area contributed by atoms with E-state index in [2.05, 4.69) is 22.4 Å². The molecule has 4 rings (SSSR count). The van der Waals surface area contributed by atoms with E-state index in [0.717, 1.165) is 35.4 Å². The first-order valence-corrected chi connectivity index (χ1v) is 11.0. The molecule has 1 aliphatic rings. The number of hydrogen-bond donors (Lipinski definition) is 1. The quantitative estimate of drug-likeness (QED) is 0.599. The third-order valence-corrected chi connectivity index (χ3v) is 6.53. The molecule has 0 unspecified atom stereocenters. The van der Waals surface area contributed by atoms with Crippen molar-refractivity contribution < 1.29 is 14.3 Å². The molecule has 1 amide bonds. The molecule has 0 radical (unpaired) electrons. The van der Waals surface area contributed by atoms with E-state index in [1.807, 2.05) is 42.5 Å². The number of aromatic nitrogens is 1. The fourth-order valence-electron chi connectivity index (χ4n) is 3.75. The van der Waals surface area contributed by atoms with Gasteiger partial charge in [0.15, 0.2) is 6.10 Å². The van der Waals surface area contributed by atoms with Gasteiger partial charge in [-0.3, -0.25) is 4.79 Å². The van der Waals surface area contributed by atoms with E-state index in [0.29, 0.717) is 10.6 Å². The highest BCUT2D eigenvalue weighted by atomic mass is 32.1. The second-order valence-corrected chi connectivity index (χ2v) is 8.50. The van der Waals surface area contributed by atoms with Crippen molar-refractivity contribution in [2.45, 2.75) is 45.3 Å². The molecule has 1 aromatic heterocycles. The molecule has 2 atom stereocenters. The molecule has 2 aromatic carbocycles. The van der Waals surface area contributed by atoms with Crippen LogP contribution in [0.4, 0.5) is 0 Å². The normalized spacial score (nSPS) is 16.4. The number of fused-ring (bicyclic) bond motifs is 1. The van der Waals surface area contributed by atoms with Crippen LogP contribution >= 0.6 is 11.3 Å². The second-order valence-electron chi connectivity index (χ2n) is 7.50. The van der Waals surface area contributed by atoms with E-state index in [4.69, 9.17) is 4.74 Å². The number of thiazole rings is 1. The van der Waals surface area contributed by atoms with Crippen LogP contribution in [-0.4, -0.2) is 23.0 Å². The van der Waals surface area contributed by atoms with E-state index < -0.39 is 12.1 Å². The molecule has 1 N–H and O–H groups in total. The SMILES string of the molecule is Cc1nc(-c2ccccc2)sc1C(=O)O[C@H](C)C(=O)N[C@@H]1CCCc2ccccc21. The van der Waals surface area contributed by atoms with Crippen molar-refractivity contribution in [1.29, 1.82) is 0 Å². The molecule has 154 valence electrons. The molecule has 6 heteroatoms. The summed E-state index contributed by atoms with van der Waals surface area (Å²) in [4.78, 5) is 30.3. The average molecular weight is 421 g/mol. The summed E-state index contributed by atoms with van der Waals surface area (Å²) < 4.78 is 5.48. The van der Waals surface area contributed by atoms with Crippen molar-refractivity contribution in [2.24, 2.45) is 0 Å². The van der Waals surface area contributed by atoms with Crippen molar-refractivity contribution >= 4 is 23.2 Å². The third kappa shape index (κ3) is 4.28. The van der Waals surface area contributed by atoms with Crippen LogP contribution in [0.25, 0.3) is 10.6 Å². The van der Waals surface area contributed by atoms with Crippen LogP contribution in [-0.2, 0) is 16.0 Å². The molecular formula is C24H24N2O3S. The molecule has 1 aliphatic carbocycles. The minimum atomic E-state index is -0.881. The highest BCUT2D eigenvalue weighted by molar-refractivity contribution is 7.17. The topological polar surface area (TPSA) is 68.3 Å². The van der Waals surface area contributed by atoms with Crippen LogP contribution in [0.5, 0.6) is 0 Å². The number of rotatable bonds is 5. The Labute approximate surface area is 180 Å². The lowest BCUT2D eigenvalue weighted by Crippen LogP contribution is -2.39. The zero-order chi connectivity index (χ0) is 21.1. The van der Waals surface area contributed by atoms with Gasteiger partial charge in [0, 0.05) is 5.56 Å². The number of carbonyl (C=O) groups excluding carboxylic acids is 2. The van der Waals surface area contributed by atoms with Gasteiger partial charge in [0.1, 0.15) is 9.88 Å². The Kier molecular flexibility index (Phi) is 5.95. The van der Waals surface area contributed by atoms with Gasteiger partial charge in [-0.05, 0) is 44.2 Å². The number of aryl methyl sites for hydroxylation is 2. The van der Waals surface area contributed by atoms with Crippen LogP contribution in [0, 0.1) is 6.92 Å². The Morgan fingerprint density at radius 2 is 1.87 bits per heavy atom. The lowest BCUT2D eigenvalue weighted by Gasteiger charge is -2.27. The van der Waals surface area contributed by atoms with Crippen molar-refractivity contribution in [2.75, 3.05) is 0 Å². The van der Waals surface area contributed by atoms with E-state index in [1.165, 1.54) is 16.9 Å². The maximum Gasteiger partial charge on any atom is 0.351 e. The molecule has 1 heterocycles. The van der Waals surface area contributed by atoms with Crippen LogP contribution in [0.1, 0.15) is 52.3 Å². The first kappa shape index (κ1) is 20.3. The number of ether oxygens (including phenoxy) is 1. The van der Waals surface area contributed by atoms with Gasteiger partial charge < -0.3 is 10.1 Å². The van der Waals surface area contributed by atoms with Crippen LogP contribution in [0.15, 0.2) is 54.6 Å². The molecular weight excluding hydrogens is 396 g/mol. The second kappa shape index (κ2) is 8.79. The minimum Gasteiger partial charge on any atom is -0.448 e. The average Bonchev–Trinajstić information content (AvgIpc) is 3.16. The molecule has 0 saturated carbocycles. The number of hydrogen-bond acceptors (Lipinski definition) is 5. The fraction of sp³-hybridized carbons (Fsp3) is 0.292. The number of carbonyl (C=O) groups is 2. The maximum absolute atomic E-state index is 12.7. The minimum absolute atomic E-state index is 0.0431. The fourth-order valence-corrected chi connectivity index (χ4v) is 4.71. The van der Waals surface area contributed by atoms with E-state index in [9.17, 15) is 9.59 Å². The molecule has 3 aromatic rings. The Morgan fingerprint density at radius 1 is 1.13 bits per heavy atom. The highest BCUT2D eigenvalue weighted by Crippen LogP contribution is 2.30. The molecule has 0 saturated heterocycles. The number of amides is 1. The smallest absolute Gasteiger partial charge is 0.351 e. The molecule has 0 aliphatic heterocycles. The molecule has 0 bridgehead atoms. The highest BCUT2D eigenvalue weighted by Gasteiger charge is 2.27. The Morgan fingerprint density at radius 3 is 2.67 bits per heavy atom. The van der Waals surface area contributed by atoms with Gasteiger partial charge in [0.25, 0.3) is 5.91 Å². The molecule has 30 heavy (non-hydrogen) atoms. The largest absolute Gasteiger partial charge is 0.448 e. The molecule has 0 fully saturated rings. The van der Waals surface area contributed by atoms with Crippen LogP contribution in [0.2, 0.25) is 0 Å². The summed E-state index contributed by atoms with van der Waals surface area (Å²) in [6.45, 7) is 3.39. The van der Waals surface area contributed by atoms with Gasteiger partial charge in [0.2, 0.25) is 0 Å². The Bertz CT molecular complexity index is 1060. The first-order valence-electron chi connectivity index (χ1n) is 10.1. The van der Waals surface area contributed by atoms with Gasteiger partial charge in [-0.1, -0.05) is 54.6 Å². The van der Waals surface area contributed by atoms with E-state index in [1.54, 1.807) is 13.8 Å². The monoisotopic (exact) mass is 420 g/mol. The van der Waals surface area contributed by atoms with Gasteiger partial charge in [0.05, 0.1) is 11.7 Å². The van der Waals surface area contributed by atoms with Crippen molar-refractivity contribution in [1.82, 2.24) is 10.3 Å². The van der Waals surface area contributed by atoms with Crippen LogP contribution < -0.4 is 5.32 Å². The summed E-state index contributed by atoms with van der Waals surface area (Å²) in [5.74, 6) is -0.797. The van der Waals surface area contributed by atoms with E-state index in [-0.39, 0.29) is 11.9 Å². The number of benzene rings is 2. The summed E-state index contributed by atoms with van der Waals surface area (Å²) in [6, 6.07) is 17.8. The summed E-state index contributed by atoms with van der Waals surface area (Å²) in [7, 11) is 0. The Hall–Kier alpha value is -2.99. The summed E-state index contributed by atoms with van der Waals surface area (Å²) in [6.07, 6.45) is 2.06. The summed E-state index contributed by atoms with van der Waals surface area (Å²) >= 11 is 1.28. The number of nitrogens with one attached hydrogen (secondary N) is 1. The lowest BCUT2D eigenvalue weighted by molar-refractivity contribution is -0.130. The number of nitrogens with zero attached hydrogens (tertiary/aromatic N) is 1.